The summed E-state index contributed by atoms with van der Waals surface area (Å²) in [6, 6.07) is 11.6. The first kappa shape index (κ1) is 18.9. The fourth-order valence-corrected chi connectivity index (χ4v) is 4.48. The van der Waals surface area contributed by atoms with Crippen molar-refractivity contribution < 1.29 is 13.6 Å². The third kappa shape index (κ3) is 3.37. The van der Waals surface area contributed by atoms with E-state index in [0.717, 1.165) is 25.7 Å². The van der Waals surface area contributed by atoms with Gasteiger partial charge in [0.05, 0.1) is 0 Å². The summed E-state index contributed by atoms with van der Waals surface area (Å²) in [5.41, 5.74) is 0.716. The van der Waals surface area contributed by atoms with Gasteiger partial charge in [-0.15, -0.1) is 0 Å². The minimum absolute atomic E-state index is 0.251. The van der Waals surface area contributed by atoms with Gasteiger partial charge in [0, 0.05) is 11.1 Å². The number of hydrogen-bond acceptors (Lipinski definition) is 3. The summed E-state index contributed by atoms with van der Waals surface area (Å²) in [6.07, 6.45) is 5.46. The summed E-state index contributed by atoms with van der Waals surface area (Å²) < 4.78 is 27.1. The van der Waals surface area contributed by atoms with Gasteiger partial charge in [-0.05, 0) is 68.1 Å². The number of aliphatic imine (C=N–C) groups is 1. The molecule has 1 saturated carbocycles. The molecule has 2 aliphatic rings. The fourth-order valence-electron chi connectivity index (χ4n) is 4.06. The minimum atomic E-state index is -0.749. The second-order valence-corrected chi connectivity index (χ2v) is 7.71. The van der Waals surface area contributed by atoms with E-state index in [-0.39, 0.29) is 17.3 Å². The van der Waals surface area contributed by atoms with Gasteiger partial charge in [-0.25, -0.2) is 8.78 Å². The predicted molar refractivity (Wildman–Crippen MR) is 109 cm³/mol. The monoisotopic (exact) mass is 398 g/mol. The number of hydrogen-bond donors (Lipinski definition) is 0. The van der Waals surface area contributed by atoms with E-state index in [4.69, 9.17) is 17.2 Å². The van der Waals surface area contributed by atoms with E-state index in [2.05, 4.69) is 0 Å². The van der Waals surface area contributed by atoms with Crippen molar-refractivity contribution in [3.8, 4) is 0 Å². The second-order valence-electron chi connectivity index (χ2n) is 7.32. The lowest BCUT2D eigenvalue weighted by Crippen LogP contribution is -2.49. The Hall–Kier alpha value is -2.47. The van der Waals surface area contributed by atoms with Crippen LogP contribution in [0.5, 0.6) is 0 Å². The van der Waals surface area contributed by atoms with E-state index >= 15 is 0 Å². The van der Waals surface area contributed by atoms with Gasteiger partial charge in [0.2, 0.25) is 0 Å². The predicted octanol–water partition coefficient (Wildman–Crippen LogP) is 5.29. The lowest BCUT2D eigenvalue weighted by molar-refractivity contribution is 0.0691. The molecule has 3 nitrogen and oxygen atoms in total. The van der Waals surface area contributed by atoms with Crippen molar-refractivity contribution in [2.75, 3.05) is 0 Å². The van der Waals surface area contributed by atoms with Crippen LogP contribution >= 0.6 is 12.2 Å². The molecule has 2 aromatic rings. The Labute approximate surface area is 168 Å². The quantitative estimate of drug-likeness (QED) is 0.644. The van der Waals surface area contributed by atoms with Crippen molar-refractivity contribution in [3.63, 3.8) is 0 Å². The van der Waals surface area contributed by atoms with Gasteiger partial charge >= 0.3 is 0 Å². The number of benzene rings is 2. The zero-order chi connectivity index (χ0) is 19.7. The third-order valence-electron chi connectivity index (χ3n) is 5.44. The largest absolute Gasteiger partial charge is 0.271 e. The highest BCUT2D eigenvalue weighted by Crippen LogP contribution is 2.40. The number of halogens is 2. The lowest BCUT2D eigenvalue weighted by Gasteiger charge is -2.35. The van der Waals surface area contributed by atoms with Crippen LogP contribution in [0.3, 0.4) is 0 Å². The van der Waals surface area contributed by atoms with Gasteiger partial charge in [-0.3, -0.25) is 14.7 Å². The van der Waals surface area contributed by atoms with Crippen LogP contribution in [-0.2, 0) is 0 Å². The smallest absolute Gasteiger partial charge is 0.261 e. The van der Waals surface area contributed by atoms with Gasteiger partial charge in [0.25, 0.3) is 5.91 Å². The topological polar surface area (TPSA) is 32.7 Å². The molecule has 0 unspecified atom stereocenters. The molecule has 1 spiro atoms. The van der Waals surface area contributed by atoms with E-state index in [0.29, 0.717) is 29.1 Å². The summed E-state index contributed by atoms with van der Waals surface area (Å²) in [6.45, 7) is 0. The zero-order valence-electron chi connectivity index (χ0n) is 15.3. The van der Waals surface area contributed by atoms with Crippen LogP contribution in [-0.4, -0.2) is 27.2 Å². The molecule has 1 aliphatic carbocycles. The first-order valence-electron chi connectivity index (χ1n) is 9.50. The van der Waals surface area contributed by atoms with Crippen LogP contribution in [0.15, 0.2) is 53.5 Å². The maximum atomic E-state index is 13.7. The normalized spacial score (nSPS) is 18.9. The van der Waals surface area contributed by atoms with E-state index < -0.39 is 11.5 Å². The first-order valence-corrected chi connectivity index (χ1v) is 9.91. The molecule has 0 N–H and O–H groups in total. The minimum Gasteiger partial charge on any atom is -0.271 e. The van der Waals surface area contributed by atoms with Crippen molar-refractivity contribution in [3.05, 3.63) is 71.3 Å². The van der Waals surface area contributed by atoms with Crippen molar-refractivity contribution in [2.45, 2.75) is 44.2 Å². The molecule has 0 atom stereocenters. The van der Waals surface area contributed by atoms with Crippen molar-refractivity contribution in [1.29, 1.82) is 0 Å². The number of amides is 1. The summed E-state index contributed by atoms with van der Waals surface area (Å²) >= 11 is 5.67. The summed E-state index contributed by atoms with van der Waals surface area (Å²) in [7, 11) is 0. The SMILES string of the molecule is O=C(c1cccc(F)c1)N1C(=S)C(c2ccc(F)cc2)=NC12CCCCCC2. The Morgan fingerprint density at radius 3 is 2.29 bits per heavy atom. The summed E-state index contributed by atoms with van der Waals surface area (Å²) in [5.74, 6) is -1.15. The molecule has 1 aliphatic heterocycles. The van der Waals surface area contributed by atoms with Crippen LogP contribution in [0.25, 0.3) is 0 Å². The van der Waals surface area contributed by atoms with Gasteiger partial charge in [-0.2, -0.15) is 0 Å². The molecule has 4 rings (SSSR count). The molecule has 1 amide bonds. The highest BCUT2D eigenvalue weighted by Gasteiger charge is 2.48. The van der Waals surface area contributed by atoms with E-state index in [1.54, 1.807) is 23.1 Å². The van der Waals surface area contributed by atoms with Crippen LogP contribution in [0, 0.1) is 11.6 Å². The van der Waals surface area contributed by atoms with E-state index in [9.17, 15) is 13.6 Å². The molecule has 28 heavy (non-hydrogen) atoms. The molecular formula is C22H20F2N2OS. The zero-order valence-corrected chi connectivity index (χ0v) is 16.1. The Balaban J connectivity index is 1.78. The summed E-state index contributed by atoms with van der Waals surface area (Å²) in [4.78, 5) is 20.2. The molecule has 6 heteroatoms. The lowest BCUT2D eigenvalue weighted by atomic mass is 9.99. The first-order chi connectivity index (χ1) is 13.5. The highest BCUT2D eigenvalue weighted by molar-refractivity contribution is 7.82. The Morgan fingerprint density at radius 2 is 1.64 bits per heavy atom. The average molecular weight is 398 g/mol. The molecule has 2 aromatic carbocycles. The Morgan fingerprint density at radius 1 is 0.964 bits per heavy atom. The standard InChI is InChI=1S/C22H20F2N2OS/c23-17-10-8-15(9-11-17)19-21(28)26(20(27)16-6-5-7-18(24)14-16)22(25-19)12-3-1-2-4-13-22/h5-11,14H,1-4,12-13H2. The van der Waals surface area contributed by atoms with Crippen LogP contribution in [0.4, 0.5) is 8.78 Å². The van der Waals surface area contributed by atoms with Gasteiger partial charge in [-0.1, -0.05) is 31.1 Å². The molecule has 1 fully saturated rings. The molecule has 0 aromatic heterocycles. The van der Waals surface area contributed by atoms with Gasteiger partial charge < -0.3 is 0 Å². The van der Waals surface area contributed by atoms with Crippen LogP contribution in [0.1, 0.15) is 54.4 Å². The number of carbonyl (C=O) groups is 1. The van der Waals surface area contributed by atoms with Crippen LogP contribution in [0.2, 0.25) is 0 Å². The van der Waals surface area contributed by atoms with E-state index in [1.165, 1.54) is 30.3 Å². The number of carbonyl (C=O) groups excluding carboxylic acids is 1. The summed E-state index contributed by atoms with van der Waals surface area (Å²) in [5, 5.41) is 0. The highest BCUT2D eigenvalue weighted by atomic mass is 32.1. The van der Waals surface area contributed by atoms with Gasteiger partial charge in [0.15, 0.2) is 0 Å². The molecule has 0 bridgehead atoms. The third-order valence-corrected chi connectivity index (χ3v) is 5.81. The number of rotatable bonds is 2. The number of nitrogens with zero attached hydrogens (tertiary/aromatic N) is 2. The Kier molecular flexibility index (Phi) is 5.06. The fraction of sp³-hybridized carbons (Fsp3) is 0.318. The van der Waals surface area contributed by atoms with Gasteiger partial charge in [0.1, 0.15) is 28.0 Å². The molecular weight excluding hydrogens is 378 g/mol. The van der Waals surface area contributed by atoms with Crippen LogP contribution < -0.4 is 0 Å². The Bertz CT molecular complexity index is 947. The maximum absolute atomic E-state index is 13.7. The van der Waals surface area contributed by atoms with E-state index in [1.807, 2.05) is 0 Å². The maximum Gasteiger partial charge on any atom is 0.261 e. The van der Waals surface area contributed by atoms with Crippen molar-refractivity contribution in [2.24, 2.45) is 4.99 Å². The number of thiocarbonyl (C=S) groups is 1. The van der Waals surface area contributed by atoms with Crippen molar-refractivity contribution in [1.82, 2.24) is 4.90 Å². The second kappa shape index (κ2) is 7.51. The molecule has 0 saturated heterocycles. The molecule has 0 radical (unpaired) electrons. The molecule has 1 heterocycles. The van der Waals surface area contributed by atoms with Crippen molar-refractivity contribution >= 4 is 28.8 Å². The molecule has 144 valence electrons. The average Bonchev–Trinajstić information content (AvgIpc) is 2.82.